The van der Waals surface area contributed by atoms with Gasteiger partial charge in [-0.15, -0.1) is 0 Å². The van der Waals surface area contributed by atoms with Gasteiger partial charge in [-0.1, -0.05) is 0 Å². The molecule has 0 spiro atoms. The van der Waals surface area contributed by atoms with Gasteiger partial charge < -0.3 is 135 Å². The topological polar surface area (TPSA) is 775 Å². The lowest BCUT2D eigenvalue weighted by atomic mass is 10.1. The van der Waals surface area contributed by atoms with Gasteiger partial charge >= 0.3 is 17.9 Å². The van der Waals surface area contributed by atoms with E-state index in [2.05, 4.69) is 89.7 Å². The lowest BCUT2D eigenvalue weighted by molar-refractivity contribution is -0.139. The maximum absolute atomic E-state index is 13.5. The van der Waals surface area contributed by atoms with Crippen LogP contribution in [-0.2, 0) is 95.9 Å². The third kappa shape index (κ3) is 44.9. The number of nitrogens with zero attached hydrogens (tertiary/aromatic N) is 2. The zero-order chi connectivity index (χ0) is 73.6. The second-order valence-electron chi connectivity index (χ2n) is 19.9. The van der Waals surface area contributed by atoms with Crippen molar-refractivity contribution in [2.75, 3.05) is 91.6 Å². The number of hydrogen-bond donors (Lipinski definition) is 25. The lowest BCUT2D eigenvalue weighted by Crippen LogP contribution is -2.55. The minimum Gasteiger partial charge on any atom is -0.481 e. The molecule has 0 aliphatic rings. The van der Waals surface area contributed by atoms with E-state index in [1.165, 1.54) is 0 Å². The number of rotatable bonds is 49. The first-order valence-electron chi connectivity index (χ1n) is 28.8. The van der Waals surface area contributed by atoms with Crippen LogP contribution in [0.2, 0.25) is 0 Å². The van der Waals surface area contributed by atoms with Gasteiger partial charge in [-0.3, -0.25) is 106 Å². The number of carboxylic acid groups (broad SMARTS) is 3. The SMILES string of the molecule is NC(=O)C[C@H](NC(=O)CNC(=O)CNC(=O)CNC(=O)CNC(=O)[C@H](CCCN=C(N)N)NC(=O)[C@H](CCC(=O)O)NC(=O)CNC(=O)CNC(=O)CNC(=O)[C@H](CCC(=O)O)NC(=O)[C@@H](N)CCCN=C(N)N)C(=O)NCC(=O)NCC(=O)NCC(=O)NCC(=O)NCC(=O)O. The highest BCUT2D eigenvalue weighted by Crippen LogP contribution is 2.05. The monoisotopic (exact) mass is 1390 g/mol. The zero-order valence-corrected chi connectivity index (χ0v) is 52.0. The minimum absolute atomic E-state index is 0.0103. The summed E-state index contributed by atoms with van der Waals surface area (Å²) in [6.07, 6.45) is -2.89. The normalized spacial score (nSPS) is 11.8. The number of aliphatic imine (C=N–C) groups is 2. The third-order valence-corrected chi connectivity index (χ3v) is 11.8. The molecule has 97 heavy (non-hydrogen) atoms. The molecule has 0 bridgehead atoms. The van der Waals surface area contributed by atoms with Gasteiger partial charge in [0.15, 0.2) is 11.9 Å². The van der Waals surface area contributed by atoms with Crippen LogP contribution in [-0.4, -0.2) is 267 Å². The average molecular weight is 1390 g/mol. The Hall–Kier alpha value is -12.1. The first kappa shape index (κ1) is 84.9. The van der Waals surface area contributed by atoms with Crippen LogP contribution in [0.1, 0.15) is 57.8 Å². The Morgan fingerprint density at radius 1 is 0.289 bits per heavy atom. The van der Waals surface area contributed by atoms with Crippen LogP contribution in [0.5, 0.6) is 0 Å². The Labute approximate surface area is 549 Å². The van der Waals surface area contributed by atoms with E-state index in [0.717, 1.165) is 0 Å². The highest BCUT2D eigenvalue weighted by molar-refractivity contribution is 5.98. The fraction of sp³-hybridized carbons (Fsp3) is 0.560. The molecule has 0 saturated carbocycles. The molecule has 47 heteroatoms. The molecular weight excluding hydrogens is 1300 g/mol. The van der Waals surface area contributed by atoms with Gasteiger partial charge in [0.05, 0.1) is 84.5 Å². The maximum Gasteiger partial charge on any atom is 0.322 e. The second-order valence-corrected chi connectivity index (χ2v) is 19.9. The van der Waals surface area contributed by atoms with Crippen molar-refractivity contribution in [2.45, 2.75) is 88.0 Å². The summed E-state index contributed by atoms with van der Waals surface area (Å²) in [5.41, 5.74) is 32.2. The molecule has 0 aromatic heterocycles. The third-order valence-electron chi connectivity index (χ3n) is 11.8. The summed E-state index contributed by atoms with van der Waals surface area (Å²) in [6, 6.07) is -7.47. The number of carboxylic acids is 3. The number of aliphatic carboxylic acids is 3. The Balaban J connectivity index is 5.28. The lowest BCUT2D eigenvalue weighted by Gasteiger charge is -2.23. The van der Waals surface area contributed by atoms with Crippen molar-refractivity contribution in [1.29, 1.82) is 0 Å². The van der Waals surface area contributed by atoms with Crippen LogP contribution < -0.4 is 119 Å². The minimum atomic E-state index is -1.69. The van der Waals surface area contributed by atoms with Crippen LogP contribution in [0.4, 0.5) is 0 Å². The molecule has 0 aromatic carbocycles. The molecule has 0 rings (SSSR count). The summed E-state index contributed by atoms with van der Waals surface area (Å²) < 4.78 is 0. The van der Waals surface area contributed by atoms with Gasteiger partial charge in [-0.2, -0.15) is 0 Å². The van der Waals surface area contributed by atoms with Crippen LogP contribution >= 0.6 is 0 Å². The van der Waals surface area contributed by atoms with Crippen molar-refractivity contribution < 1.29 is 111 Å². The molecule has 0 saturated heterocycles. The van der Waals surface area contributed by atoms with Crippen LogP contribution in [0.15, 0.2) is 9.98 Å². The van der Waals surface area contributed by atoms with Crippen molar-refractivity contribution >= 4 is 130 Å². The molecule has 0 radical (unpaired) electrons. The number of carbonyl (C=O) groups excluding carboxylic acids is 17. The molecule has 0 aromatic rings. The van der Waals surface area contributed by atoms with Gasteiger partial charge in [0, 0.05) is 25.9 Å². The number of hydrogen-bond acceptors (Lipinski definition) is 23. The highest BCUT2D eigenvalue weighted by atomic mass is 16.4. The molecule has 0 aliphatic carbocycles. The zero-order valence-electron chi connectivity index (χ0n) is 52.0. The van der Waals surface area contributed by atoms with E-state index in [1.54, 1.807) is 0 Å². The standard InChI is InChI=1S/C50H82N24O23/c51-24(3-1-9-57-49(53)54)44(93)73-26(5-7-41(87)88)46(95)69-19-37(83)64-16-34(80)65-21-39(85)71-27(6-8-42(89)90)48(97)74-25(4-2-10-58-50(55)56)45(94)68-18-36(82)62-13-32(78)60-15-33(79)66-22-40(86)72-28(11-29(52)75)47(96)70-20-38(84)63-14-31(77)59-12-30(76)61-17-35(81)67-23-43(91)92/h24-28H,1-23,51H2,(H2,52,75)(H,59,77)(H,60,78)(H,61,76)(H,62,82)(H,63,84)(H,64,83)(H,65,80)(H,66,79)(H,67,81)(H,68,94)(H,69,95)(H,70,96)(H,71,85)(H,72,86)(H,73,93)(H,74,97)(H,87,88)(H,89,90)(H,91,92)(H4,53,54,57)(H4,55,56,58)/t24-,25-,26-,27-,28-/m0/s1. The predicted octanol–water partition coefficient (Wildman–Crippen LogP) is -16.6. The number of nitrogens with two attached hydrogens (primary N) is 6. The summed E-state index contributed by atoms with van der Waals surface area (Å²) in [6.45, 7) is -9.03. The predicted molar refractivity (Wildman–Crippen MR) is 327 cm³/mol. The van der Waals surface area contributed by atoms with E-state index < -0.39 is 259 Å². The molecule has 47 nitrogen and oxygen atoms in total. The molecule has 0 fully saturated rings. The fourth-order valence-electron chi connectivity index (χ4n) is 6.99. The molecule has 5 atom stereocenters. The van der Waals surface area contributed by atoms with Gasteiger partial charge in [0.2, 0.25) is 100 Å². The second kappa shape index (κ2) is 47.7. The van der Waals surface area contributed by atoms with Crippen molar-refractivity contribution in [2.24, 2.45) is 44.4 Å². The largest absolute Gasteiger partial charge is 0.481 e. The van der Waals surface area contributed by atoms with Crippen molar-refractivity contribution in [3.8, 4) is 0 Å². The number of carbonyl (C=O) groups is 20. The summed E-state index contributed by atoms with van der Waals surface area (Å²) >= 11 is 0. The first-order chi connectivity index (χ1) is 45.6. The quantitative estimate of drug-likeness (QED) is 0.0153. The number of guanidine groups is 2. The Kier molecular flexibility index (Phi) is 41.8. The molecule has 0 unspecified atom stereocenters. The van der Waals surface area contributed by atoms with E-state index in [9.17, 15) is 101 Å². The number of nitrogens with one attached hydrogen (secondary N) is 16. The van der Waals surface area contributed by atoms with Gasteiger partial charge in [0.25, 0.3) is 0 Å². The molecule has 540 valence electrons. The molecular formula is C50H82N24O23. The van der Waals surface area contributed by atoms with Crippen molar-refractivity contribution in [3.63, 3.8) is 0 Å². The Bertz CT molecular complexity index is 2920. The van der Waals surface area contributed by atoms with E-state index >= 15 is 0 Å². The van der Waals surface area contributed by atoms with Gasteiger partial charge in [0.1, 0.15) is 30.7 Å². The molecule has 0 aliphatic heterocycles. The Morgan fingerprint density at radius 3 is 0.876 bits per heavy atom. The highest BCUT2D eigenvalue weighted by Gasteiger charge is 2.30. The number of primary amides is 1. The molecule has 31 N–H and O–H groups in total. The van der Waals surface area contributed by atoms with Gasteiger partial charge in [-0.05, 0) is 38.5 Å². The summed E-state index contributed by atoms with van der Waals surface area (Å²) in [5.74, 6) is -21.2. The van der Waals surface area contributed by atoms with Gasteiger partial charge in [-0.25, -0.2) is 0 Å². The summed E-state index contributed by atoms with van der Waals surface area (Å²) in [4.78, 5) is 253. The average Bonchev–Trinajstić information content (AvgIpc) is 1.19. The molecule has 0 heterocycles. The van der Waals surface area contributed by atoms with Crippen molar-refractivity contribution in [1.82, 2.24) is 85.1 Å². The maximum atomic E-state index is 13.5. The van der Waals surface area contributed by atoms with E-state index in [-0.39, 0.29) is 50.7 Å². The van der Waals surface area contributed by atoms with E-state index in [1.807, 2.05) is 5.32 Å². The van der Waals surface area contributed by atoms with Crippen LogP contribution in [0.25, 0.3) is 0 Å². The van der Waals surface area contributed by atoms with E-state index in [4.69, 9.17) is 44.6 Å². The van der Waals surface area contributed by atoms with Crippen LogP contribution in [0.3, 0.4) is 0 Å². The summed E-state index contributed by atoms with van der Waals surface area (Å²) in [7, 11) is 0. The number of amides is 17. The van der Waals surface area contributed by atoms with E-state index in [0.29, 0.717) is 0 Å². The summed E-state index contributed by atoms with van der Waals surface area (Å²) in [5, 5.41) is 61.4. The Morgan fingerprint density at radius 2 is 0.557 bits per heavy atom. The first-order valence-corrected chi connectivity index (χ1v) is 28.8. The fourth-order valence-corrected chi connectivity index (χ4v) is 6.99. The van der Waals surface area contributed by atoms with Crippen LogP contribution in [0, 0.1) is 0 Å². The van der Waals surface area contributed by atoms with Crippen molar-refractivity contribution in [3.05, 3.63) is 0 Å². The smallest absolute Gasteiger partial charge is 0.322 e. The molecule has 17 amide bonds.